The van der Waals surface area contributed by atoms with Crippen LogP contribution >= 0.6 is 11.6 Å². The van der Waals surface area contributed by atoms with Gasteiger partial charge in [0.05, 0.1) is 11.1 Å². The third kappa shape index (κ3) is 2.33. The molecule has 0 radical (unpaired) electrons. The van der Waals surface area contributed by atoms with Gasteiger partial charge in [0.2, 0.25) is 0 Å². The summed E-state index contributed by atoms with van der Waals surface area (Å²) in [6, 6.07) is 13.2. The van der Waals surface area contributed by atoms with E-state index in [9.17, 15) is 4.39 Å². The number of fused-ring (bicyclic) bond motifs is 1. The van der Waals surface area contributed by atoms with E-state index in [4.69, 9.17) is 17.3 Å². The van der Waals surface area contributed by atoms with Crippen LogP contribution in [0, 0.1) is 5.82 Å². The monoisotopic (exact) mass is 290 g/mol. The average molecular weight is 291 g/mol. The molecule has 0 aliphatic carbocycles. The second-order valence-corrected chi connectivity index (χ2v) is 5.48. The van der Waals surface area contributed by atoms with E-state index in [0.717, 1.165) is 13.1 Å². The Morgan fingerprint density at radius 3 is 2.35 bits per heavy atom. The maximum absolute atomic E-state index is 14.2. The number of hydrogen-bond donors (Lipinski definition) is 1. The normalized spacial score (nSPS) is 16.1. The second kappa shape index (κ2) is 5.52. The highest BCUT2D eigenvalue weighted by atomic mass is 35.5. The van der Waals surface area contributed by atoms with Gasteiger partial charge >= 0.3 is 0 Å². The number of benzene rings is 2. The largest absolute Gasteiger partial charge is 0.329 e. The average Bonchev–Trinajstić information content (AvgIpc) is 2.87. The summed E-state index contributed by atoms with van der Waals surface area (Å²) in [5, 5.41) is 0.151. The van der Waals surface area contributed by atoms with Crippen LogP contribution in [0.4, 0.5) is 4.39 Å². The van der Waals surface area contributed by atoms with Crippen LogP contribution in [0.2, 0.25) is 5.02 Å². The molecule has 20 heavy (non-hydrogen) atoms. The Bertz CT molecular complexity index is 605. The Balaban J connectivity index is 1.91. The third-order valence-electron chi connectivity index (χ3n) is 3.87. The van der Waals surface area contributed by atoms with Crippen molar-refractivity contribution < 1.29 is 4.39 Å². The quantitative estimate of drug-likeness (QED) is 0.937. The van der Waals surface area contributed by atoms with E-state index < -0.39 is 0 Å². The molecule has 1 unspecified atom stereocenters. The van der Waals surface area contributed by atoms with Gasteiger partial charge in [-0.05, 0) is 17.2 Å². The summed E-state index contributed by atoms with van der Waals surface area (Å²) in [5.74, 6) is -0.361. The first kappa shape index (κ1) is 13.6. The van der Waals surface area contributed by atoms with E-state index in [1.807, 2.05) is 12.1 Å². The molecule has 0 amide bonds. The summed E-state index contributed by atoms with van der Waals surface area (Å²) in [6.07, 6.45) is 0. The molecule has 2 aromatic carbocycles. The lowest BCUT2D eigenvalue weighted by molar-refractivity contribution is 0.201. The molecule has 3 rings (SSSR count). The Morgan fingerprint density at radius 2 is 1.75 bits per heavy atom. The minimum Gasteiger partial charge on any atom is -0.329 e. The standard InChI is InChI=1S/C16H16ClFN2/c17-14-7-3-6-13(16(14)18)15(8-19)20-9-11-4-1-2-5-12(11)10-20/h1-7,15H,8-10,19H2. The molecule has 4 heteroatoms. The summed E-state index contributed by atoms with van der Waals surface area (Å²) >= 11 is 5.88. The first-order valence-electron chi connectivity index (χ1n) is 6.65. The molecule has 1 aliphatic heterocycles. The van der Waals surface area contributed by atoms with Gasteiger partial charge < -0.3 is 5.73 Å². The smallest absolute Gasteiger partial charge is 0.146 e. The predicted molar refractivity (Wildman–Crippen MR) is 78.9 cm³/mol. The second-order valence-electron chi connectivity index (χ2n) is 5.07. The van der Waals surface area contributed by atoms with E-state index in [-0.39, 0.29) is 16.9 Å². The van der Waals surface area contributed by atoms with E-state index in [1.54, 1.807) is 18.2 Å². The van der Waals surface area contributed by atoms with Gasteiger partial charge in [0.1, 0.15) is 5.82 Å². The molecule has 0 saturated heterocycles. The predicted octanol–water partition coefficient (Wildman–Crippen LogP) is 3.49. The Labute approximate surface area is 123 Å². The zero-order chi connectivity index (χ0) is 14.1. The van der Waals surface area contributed by atoms with Crippen LogP contribution in [0.1, 0.15) is 22.7 Å². The van der Waals surface area contributed by atoms with Crippen LogP contribution in [0.3, 0.4) is 0 Å². The van der Waals surface area contributed by atoms with Crippen LogP contribution in [0.15, 0.2) is 42.5 Å². The fourth-order valence-electron chi connectivity index (χ4n) is 2.83. The van der Waals surface area contributed by atoms with Crippen molar-refractivity contribution in [2.24, 2.45) is 5.73 Å². The lowest BCUT2D eigenvalue weighted by Gasteiger charge is -2.27. The van der Waals surface area contributed by atoms with Crippen molar-refractivity contribution in [2.75, 3.05) is 6.54 Å². The van der Waals surface area contributed by atoms with Crippen LogP contribution in [0.5, 0.6) is 0 Å². The SMILES string of the molecule is NCC(c1cccc(Cl)c1F)N1Cc2ccccc2C1. The van der Waals surface area contributed by atoms with Crippen molar-refractivity contribution in [2.45, 2.75) is 19.1 Å². The number of nitrogens with zero attached hydrogens (tertiary/aromatic N) is 1. The highest BCUT2D eigenvalue weighted by molar-refractivity contribution is 6.30. The zero-order valence-electron chi connectivity index (χ0n) is 11.0. The van der Waals surface area contributed by atoms with Crippen LogP contribution < -0.4 is 5.73 Å². The molecule has 2 aromatic rings. The van der Waals surface area contributed by atoms with Gasteiger partial charge in [-0.15, -0.1) is 0 Å². The minimum absolute atomic E-state index is 0.151. The summed E-state index contributed by atoms with van der Waals surface area (Å²) in [4.78, 5) is 2.19. The summed E-state index contributed by atoms with van der Waals surface area (Å²) in [7, 11) is 0. The molecule has 1 heterocycles. The van der Waals surface area contributed by atoms with Gasteiger partial charge in [0, 0.05) is 25.2 Å². The van der Waals surface area contributed by atoms with Crippen molar-refractivity contribution in [1.29, 1.82) is 0 Å². The van der Waals surface area contributed by atoms with Crippen LogP contribution in [-0.2, 0) is 13.1 Å². The fourth-order valence-corrected chi connectivity index (χ4v) is 3.01. The Morgan fingerprint density at radius 1 is 1.10 bits per heavy atom. The van der Waals surface area contributed by atoms with E-state index in [2.05, 4.69) is 17.0 Å². The Kier molecular flexibility index (Phi) is 3.74. The molecular weight excluding hydrogens is 275 g/mol. The summed E-state index contributed by atoms with van der Waals surface area (Å²) in [6.45, 7) is 1.96. The van der Waals surface area contributed by atoms with Crippen molar-refractivity contribution in [3.05, 3.63) is 70.0 Å². The summed E-state index contributed by atoms with van der Waals surface area (Å²) in [5.41, 5.74) is 9.03. The number of hydrogen-bond acceptors (Lipinski definition) is 2. The third-order valence-corrected chi connectivity index (χ3v) is 4.16. The minimum atomic E-state index is -0.361. The lowest BCUT2D eigenvalue weighted by atomic mass is 10.0. The first-order valence-corrected chi connectivity index (χ1v) is 7.03. The lowest BCUT2D eigenvalue weighted by Crippen LogP contribution is -2.30. The van der Waals surface area contributed by atoms with Crippen LogP contribution in [-0.4, -0.2) is 11.4 Å². The first-order chi connectivity index (χ1) is 9.70. The van der Waals surface area contributed by atoms with Gasteiger partial charge in [-0.25, -0.2) is 4.39 Å². The summed E-state index contributed by atoms with van der Waals surface area (Å²) < 4.78 is 14.2. The topological polar surface area (TPSA) is 29.3 Å². The van der Waals surface area contributed by atoms with Gasteiger partial charge in [-0.2, -0.15) is 0 Å². The van der Waals surface area contributed by atoms with E-state index in [1.165, 1.54) is 11.1 Å². The molecule has 0 bridgehead atoms. The number of halogens is 2. The number of rotatable bonds is 3. The molecule has 2 N–H and O–H groups in total. The van der Waals surface area contributed by atoms with Gasteiger partial charge in [0.15, 0.2) is 0 Å². The molecule has 0 spiro atoms. The molecule has 1 atom stereocenters. The number of nitrogens with two attached hydrogens (primary N) is 1. The molecule has 0 saturated carbocycles. The van der Waals surface area contributed by atoms with E-state index >= 15 is 0 Å². The van der Waals surface area contributed by atoms with Crippen LogP contribution in [0.25, 0.3) is 0 Å². The van der Waals surface area contributed by atoms with Crippen molar-refractivity contribution >= 4 is 11.6 Å². The molecule has 0 fully saturated rings. The molecular formula is C16H16ClFN2. The molecule has 104 valence electrons. The van der Waals surface area contributed by atoms with Crippen molar-refractivity contribution in [1.82, 2.24) is 4.90 Å². The van der Waals surface area contributed by atoms with Crippen molar-refractivity contribution in [3.63, 3.8) is 0 Å². The van der Waals surface area contributed by atoms with Gasteiger partial charge in [-0.1, -0.05) is 48.0 Å². The van der Waals surface area contributed by atoms with Gasteiger partial charge in [0.25, 0.3) is 0 Å². The zero-order valence-corrected chi connectivity index (χ0v) is 11.8. The molecule has 1 aliphatic rings. The van der Waals surface area contributed by atoms with Gasteiger partial charge in [-0.3, -0.25) is 4.90 Å². The Hall–Kier alpha value is -1.42. The maximum atomic E-state index is 14.2. The highest BCUT2D eigenvalue weighted by Gasteiger charge is 2.28. The van der Waals surface area contributed by atoms with Crippen molar-refractivity contribution in [3.8, 4) is 0 Å². The highest BCUT2D eigenvalue weighted by Crippen LogP contribution is 2.33. The fraction of sp³-hybridized carbons (Fsp3) is 0.250. The molecule has 2 nitrogen and oxygen atoms in total. The van der Waals surface area contributed by atoms with E-state index in [0.29, 0.717) is 12.1 Å². The maximum Gasteiger partial charge on any atom is 0.146 e. The molecule has 0 aromatic heterocycles.